The summed E-state index contributed by atoms with van der Waals surface area (Å²) in [6.45, 7) is 18.0. The van der Waals surface area contributed by atoms with Crippen molar-refractivity contribution in [3.05, 3.63) is 203 Å². The van der Waals surface area contributed by atoms with Crippen molar-refractivity contribution in [2.75, 3.05) is 0 Å². The molecule has 8 aromatic rings. The predicted octanol–water partition coefficient (Wildman–Crippen LogP) is 13.9. The number of rotatable bonds is 6. The van der Waals surface area contributed by atoms with Crippen LogP contribution in [-0.2, 0) is 37.3 Å². The molecule has 4 heteroatoms. The number of hydrogen-bond acceptors (Lipinski definition) is 3. The van der Waals surface area contributed by atoms with Crippen LogP contribution in [0.3, 0.4) is 0 Å². The average molecular weight is 948 g/mol. The van der Waals surface area contributed by atoms with E-state index in [1.54, 1.807) is 0 Å². The molecule has 0 N–H and O–H groups in total. The third-order valence-corrected chi connectivity index (χ3v) is 11.9. The predicted molar refractivity (Wildman–Crippen MR) is 239 cm³/mol. The second-order valence-corrected chi connectivity index (χ2v) is 17.8. The van der Waals surface area contributed by atoms with Gasteiger partial charge >= 0.3 is 21.1 Å². The summed E-state index contributed by atoms with van der Waals surface area (Å²) in [6, 6.07) is 55.2. The van der Waals surface area contributed by atoms with E-state index in [-0.39, 0.29) is 31.9 Å². The molecule has 0 aliphatic heterocycles. The number of aromatic nitrogens is 2. The van der Waals surface area contributed by atoms with Gasteiger partial charge in [0.1, 0.15) is 0 Å². The topological polar surface area (TPSA) is 35.0 Å². The minimum absolute atomic E-state index is 0. The van der Waals surface area contributed by atoms with Gasteiger partial charge in [-0.3, -0.25) is 4.98 Å². The summed E-state index contributed by atoms with van der Waals surface area (Å²) in [5.74, 6) is 1.20. The Bertz CT molecular complexity index is 2770. The number of benzene rings is 6. The number of fused-ring (bicyclic) bond motifs is 4. The SMILES string of the molecule is Cc1cccc(C)c1-c1cc(Oc2[c-]c(C3(c4ccccn4)c4cc(C(C)(C)C)ccc4-c4ccc(C(C)(C)C)cc43)ccc2)[c-]c(-c2nccc3ccccc23)c1.[Pt+2]. The molecule has 6 aromatic carbocycles. The van der Waals surface area contributed by atoms with E-state index in [9.17, 15) is 0 Å². The first kappa shape index (κ1) is 40.2. The quantitative estimate of drug-likeness (QED) is 0.156. The normalized spacial score (nSPS) is 13.1. The molecule has 0 spiro atoms. The fourth-order valence-corrected chi connectivity index (χ4v) is 8.86. The molecule has 2 aromatic heterocycles. The van der Waals surface area contributed by atoms with Crippen LogP contribution in [0, 0.1) is 26.0 Å². The average Bonchev–Trinajstić information content (AvgIpc) is 3.50. The monoisotopic (exact) mass is 947 g/mol. The molecule has 0 fully saturated rings. The van der Waals surface area contributed by atoms with E-state index < -0.39 is 5.41 Å². The zero-order chi connectivity index (χ0) is 40.4. The van der Waals surface area contributed by atoms with E-state index in [1.807, 2.05) is 24.5 Å². The molecule has 0 radical (unpaired) electrons. The van der Waals surface area contributed by atoms with Crippen LogP contribution < -0.4 is 4.74 Å². The molecule has 1 aliphatic carbocycles. The molecule has 0 saturated carbocycles. The van der Waals surface area contributed by atoms with Crippen LogP contribution in [0.1, 0.15) is 86.2 Å². The fourth-order valence-electron chi connectivity index (χ4n) is 8.86. The summed E-state index contributed by atoms with van der Waals surface area (Å²) in [5, 5.41) is 2.20. The van der Waals surface area contributed by atoms with E-state index in [4.69, 9.17) is 14.7 Å². The number of nitrogens with zero attached hydrogens (tertiary/aromatic N) is 2. The van der Waals surface area contributed by atoms with Crippen molar-refractivity contribution in [1.82, 2.24) is 9.97 Å². The van der Waals surface area contributed by atoms with E-state index in [1.165, 1.54) is 50.1 Å². The van der Waals surface area contributed by atoms with Gasteiger partial charge < -0.3 is 9.72 Å². The van der Waals surface area contributed by atoms with Crippen molar-refractivity contribution < 1.29 is 25.8 Å². The fraction of sp³-hybridized carbons (Fsp3) is 0.200. The molecule has 0 amide bonds. The molecule has 0 unspecified atom stereocenters. The Balaban J connectivity index is 0.00000484. The summed E-state index contributed by atoms with van der Waals surface area (Å²) in [7, 11) is 0. The first-order valence-electron chi connectivity index (χ1n) is 20.2. The minimum atomic E-state index is -0.754. The Morgan fingerprint density at radius 3 is 1.85 bits per heavy atom. The van der Waals surface area contributed by atoms with Crippen molar-refractivity contribution in [3.8, 4) is 45.0 Å². The zero-order valence-corrected chi connectivity index (χ0v) is 37.2. The molecule has 2 heterocycles. The summed E-state index contributed by atoms with van der Waals surface area (Å²) in [6.07, 6.45) is 3.78. The smallest absolute Gasteiger partial charge is 0.503 e. The van der Waals surface area contributed by atoms with Crippen LogP contribution >= 0.6 is 0 Å². The van der Waals surface area contributed by atoms with E-state index in [0.29, 0.717) is 11.5 Å². The number of pyridine rings is 2. The number of hydrogen-bond donors (Lipinski definition) is 0. The Kier molecular flexibility index (Phi) is 10.3. The van der Waals surface area contributed by atoms with Gasteiger partial charge in [-0.05, 0) is 109 Å². The van der Waals surface area contributed by atoms with Crippen LogP contribution in [-0.4, -0.2) is 9.97 Å². The van der Waals surface area contributed by atoms with Crippen LogP contribution in [0.15, 0.2) is 146 Å². The first-order chi connectivity index (χ1) is 27.8. The maximum Gasteiger partial charge on any atom is 2.00 e. The van der Waals surface area contributed by atoms with Crippen LogP contribution in [0.5, 0.6) is 11.5 Å². The van der Waals surface area contributed by atoms with Crippen molar-refractivity contribution in [2.45, 2.75) is 71.6 Å². The standard InChI is InChI=1S/C55H48N2O.Pt/c1-35-15-13-16-36(2)51(35)38-29-39(52-45-20-10-9-17-37(45)26-28-57-52)31-44(30-38)58-43-19-14-18-42(32-43)55(50-21-11-12-27-56-50)48-33-40(53(3,4)5)22-24-46(48)47-25-23-41(34-49(47)55)54(6,7)8;/h9-30,33-34H,1-8H3;/q-2;+2. The van der Waals surface area contributed by atoms with Crippen LogP contribution in [0.25, 0.3) is 44.3 Å². The summed E-state index contributed by atoms with van der Waals surface area (Å²) in [5.41, 5.74) is 14.8. The van der Waals surface area contributed by atoms with Gasteiger partial charge in [-0.2, -0.15) is 12.1 Å². The van der Waals surface area contributed by atoms with Gasteiger partial charge in [0.2, 0.25) is 0 Å². The third kappa shape index (κ3) is 7.04. The van der Waals surface area contributed by atoms with Crippen molar-refractivity contribution in [1.29, 1.82) is 0 Å². The summed E-state index contributed by atoms with van der Waals surface area (Å²) < 4.78 is 6.95. The summed E-state index contributed by atoms with van der Waals surface area (Å²) in [4.78, 5) is 10.1. The van der Waals surface area contributed by atoms with Gasteiger partial charge in [0, 0.05) is 23.9 Å². The second-order valence-electron chi connectivity index (χ2n) is 17.8. The largest absolute Gasteiger partial charge is 2.00 e. The maximum atomic E-state index is 6.95. The van der Waals surface area contributed by atoms with E-state index in [2.05, 4.69) is 189 Å². The Morgan fingerprint density at radius 1 is 0.559 bits per heavy atom. The van der Waals surface area contributed by atoms with Gasteiger partial charge in [0.05, 0.1) is 11.1 Å². The van der Waals surface area contributed by atoms with E-state index in [0.717, 1.165) is 38.9 Å². The minimum Gasteiger partial charge on any atom is -0.503 e. The maximum absolute atomic E-state index is 6.95. The van der Waals surface area contributed by atoms with Crippen molar-refractivity contribution >= 4 is 10.8 Å². The molecular weight excluding hydrogens is 900 g/mol. The van der Waals surface area contributed by atoms with Gasteiger partial charge in [0.15, 0.2) is 0 Å². The van der Waals surface area contributed by atoms with Gasteiger partial charge in [-0.1, -0.05) is 144 Å². The Labute approximate surface area is 363 Å². The van der Waals surface area contributed by atoms with Gasteiger partial charge in [-0.15, -0.1) is 29.3 Å². The molecule has 294 valence electrons. The molecule has 3 nitrogen and oxygen atoms in total. The third-order valence-electron chi connectivity index (χ3n) is 11.9. The Morgan fingerprint density at radius 2 is 1.20 bits per heavy atom. The number of aryl methyl sites for hydroxylation is 2. The molecule has 9 rings (SSSR count). The van der Waals surface area contributed by atoms with Gasteiger partial charge in [0.25, 0.3) is 0 Å². The first-order valence-corrected chi connectivity index (χ1v) is 20.2. The summed E-state index contributed by atoms with van der Waals surface area (Å²) >= 11 is 0. The molecule has 0 saturated heterocycles. The molecule has 59 heavy (non-hydrogen) atoms. The van der Waals surface area contributed by atoms with Crippen LogP contribution in [0.4, 0.5) is 0 Å². The van der Waals surface area contributed by atoms with Crippen molar-refractivity contribution in [2.24, 2.45) is 0 Å². The zero-order valence-electron chi connectivity index (χ0n) is 35.0. The van der Waals surface area contributed by atoms with Gasteiger partial charge in [-0.25, -0.2) is 0 Å². The van der Waals surface area contributed by atoms with Crippen LogP contribution in [0.2, 0.25) is 0 Å². The molecule has 1 aliphatic rings. The molecule has 0 bridgehead atoms. The Hall–Kier alpha value is -5.63. The molecule has 0 atom stereocenters. The number of ether oxygens (including phenoxy) is 1. The van der Waals surface area contributed by atoms with E-state index >= 15 is 0 Å². The molecular formula is C55H48N2OPt. The van der Waals surface area contributed by atoms with Crippen molar-refractivity contribution in [3.63, 3.8) is 0 Å². The second kappa shape index (κ2) is 15.2.